The number of aromatic nitrogens is 2. The number of benzene rings is 1. The molecular weight excluding hydrogens is 376 g/mol. The molecule has 1 amide bonds. The van der Waals surface area contributed by atoms with Crippen molar-refractivity contribution in [1.82, 2.24) is 24.7 Å². The Morgan fingerprint density at radius 2 is 2.10 bits per heavy atom. The number of amides is 1. The van der Waals surface area contributed by atoms with E-state index in [4.69, 9.17) is 10.7 Å². The first kappa shape index (κ1) is 20.0. The number of nitrogens with zero attached hydrogens (tertiary/aromatic N) is 4. The molecule has 30 heavy (non-hydrogen) atoms. The summed E-state index contributed by atoms with van der Waals surface area (Å²) >= 11 is 0. The van der Waals surface area contributed by atoms with Gasteiger partial charge in [-0.15, -0.1) is 0 Å². The monoisotopic (exact) mass is 410 g/mol. The Kier molecular flexibility index (Phi) is 5.29. The standard InChI is InChI=1S/C23H34N6O/c1-27-11-13-28(14-12-27)9-4-10-29-16-17-5-3-8-23(29,15-17)22-25-19-7-2-6-18(21(24)30)20(19)26-22/h2,6-7,17H,3-5,8-16H2,1H3,(H2,24,30)(H,25,26)/t17-,23+/m1/s1. The molecule has 3 aliphatic rings. The van der Waals surface area contributed by atoms with E-state index in [0.717, 1.165) is 35.7 Å². The summed E-state index contributed by atoms with van der Waals surface area (Å²) in [7, 11) is 2.21. The number of likely N-dealkylation sites (N-methyl/N-ethyl adjacent to an activating group) is 1. The molecular formula is C23H34N6O. The quantitative estimate of drug-likeness (QED) is 0.761. The van der Waals surface area contributed by atoms with Crippen LogP contribution in [-0.2, 0) is 5.54 Å². The second kappa shape index (κ2) is 7.94. The van der Waals surface area contributed by atoms with Crippen molar-refractivity contribution in [2.45, 2.75) is 37.6 Å². The van der Waals surface area contributed by atoms with E-state index >= 15 is 0 Å². The lowest BCUT2D eigenvalue weighted by atomic mass is 9.79. The smallest absolute Gasteiger partial charge is 0.250 e. The van der Waals surface area contributed by atoms with Crippen molar-refractivity contribution in [3.05, 3.63) is 29.6 Å². The van der Waals surface area contributed by atoms with Gasteiger partial charge in [-0.2, -0.15) is 0 Å². The summed E-state index contributed by atoms with van der Waals surface area (Å²) in [6, 6.07) is 5.66. The number of H-pyrrole nitrogens is 1. The highest BCUT2D eigenvalue weighted by atomic mass is 16.1. The fraction of sp³-hybridized carbons (Fsp3) is 0.652. The maximum atomic E-state index is 11.9. The number of carbonyl (C=O) groups excluding carboxylic acids is 1. The van der Waals surface area contributed by atoms with Gasteiger partial charge in [-0.1, -0.05) is 12.5 Å². The zero-order valence-corrected chi connectivity index (χ0v) is 18.1. The Morgan fingerprint density at radius 1 is 1.27 bits per heavy atom. The minimum absolute atomic E-state index is 0.0149. The van der Waals surface area contributed by atoms with Crippen LogP contribution < -0.4 is 5.73 Å². The highest BCUT2D eigenvalue weighted by Crippen LogP contribution is 2.49. The molecule has 1 aromatic carbocycles. The third-order valence-electron chi connectivity index (χ3n) is 7.63. The number of para-hydroxylation sites is 1. The molecule has 3 fully saturated rings. The Bertz CT molecular complexity index is 918. The summed E-state index contributed by atoms with van der Waals surface area (Å²) in [6.45, 7) is 8.18. The summed E-state index contributed by atoms with van der Waals surface area (Å²) in [5.74, 6) is 1.38. The zero-order valence-electron chi connectivity index (χ0n) is 18.1. The van der Waals surface area contributed by atoms with E-state index in [-0.39, 0.29) is 5.54 Å². The summed E-state index contributed by atoms with van der Waals surface area (Å²) in [5, 5.41) is 0. The van der Waals surface area contributed by atoms with Crippen LogP contribution in [-0.4, -0.2) is 83.4 Å². The van der Waals surface area contributed by atoms with Gasteiger partial charge in [-0.3, -0.25) is 9.69 Å². The molecule has 7 nitrogen and oxygen atoms in total. The van der Waals surface area contributed by atoms with Crippen molar-refractivity contribution in [2.24, 2.45) is 11.7 Å². The first-order chi connectivity index (χ1) is 14.5. The zero-order chi connectivity index (χ0) is 20.7. The van der Waals surface area contributed by atoms with Crippen molar-refractivity contribution in [1.29, 1.82) is 0 Å². The molecule has 5 rings (SSSR count). The van der Waals surface area contributed by atoms with Crippen LogP contribution in [0.3, 0.4) is 0 Å². The van der Waals surface area contributed by atoms with Crippen molar-refractivity contribution in [2.75, 3.05) is 52.9 Å². The maximum absolute atomic E-state index is 11.9. The number of primary amides is 1. The number of nitrogens with two attached hydrogens (primary N) is 1. The van der Waals surface area contributed by atoms with E-state index in [0.29, 0.717) is 5.56 Å². The number of rotatable bonds is 6. The van der Waals surface area contributed by atoms with Gasteiger partial charge in [0.1, 0.15) is 11.3 Å². The van der Waals surface area contributed by atoms with E-state index in [9.17, 15) is 4.79 Å². The molecule has 1 aromatic heterocycles. The lowest BCUT2D eigenvalue weighted by molar-refractivity contribution is 0.0987. The minimum Gasteiger partial charge on any atom is -0.366 e. The number of carbonyl (C=O) groups is 1. The molecule has 0 radical (unpaired) electrons. The molecule has 1 saturated carbocycles. The van der Waals surface area contributed by atoms with E-state index in [1.165, 1.54) is 65.0 Å². The van der Waals surface area contributed by atoms with Gasteiger partial charge in [0.25, 0.3) is 5.91 Å². The SMILES string of the molecule is CN1CCN(CCCN2C[C@@H]3CCC[C@@]2(c2nc4c(C(N)=O)cccc4[nH]2)C3)CC1. The van der Waals surface area contributed by atoms with Gasteiger partial charge < -0.3 is 20.5 Å². The largest absolute Gasteiger partial charge is 0.366 e. The molecule has 1 aliphatic carbocycles. The van der Waals surface area contributed by atoms with Crippen LogP contribution >= 0.6 is 0 Å². The average Bonchev–Trinajstić information content (AvgIpc) is 3.29. The van der Waals surface area contributed by atoms with E-state index in [1.54, 1.807) is 6.07 Å². The Balaban J connectivity index is 1.36. The summed E-state index contributed by atoms with van der Waals surface area (Å²) < 4.78 is 0. The third-order valence-corrected chi connectivity index (χ3v) is 7.63. The predicted octanol–water partition coefficient (Wildman–Crippen LogP) is 2.00. The van der Waals surface area contributed by atoms with Gasteiger partial charge in [0.05, 0.1) is 16.6 Å². The Hall–Kier alpha value is -1.96. The first-order valence-electron chi connectivity index (χ1n) is 11.5. The molecule has 7 heteroatoms. The molecule has 3 N–H and O–H groups in total. The summed E-state index contributed by atoms with van der Waals surface area (Å²) in [5.41, 5.74) is 7.74. The number of nitrogens with one attached hydrogen (secondary N) is 1. The Labute approximate surface area is 178 Å². The molecule has 2 bridgehead atoms. The number of imidazole rings is 1. The highest BCUT2D eigenvalue weighted by Gasteiger charge is 2.50. The lowest BCUT2D eigenvalue weighted by Gasteiger charge is -2.39. The van der Waals surface area contributed by atoms with Crippen molar-refractivity contribution < 1.29 is 4.79 Å². The highest BCUT2D eigenvalue weighted by molar-refractivity contribution is 6.04. The number of hydrogen-bond donors (Lipinski definition) is 2. The van der Waals surface area contributed by atoms with E-state index < -0.39 is 5.91 Å². The van der Waals surface area contributed by atoms with E-state index in [1.807, 2.05) is 12.1 Å². The van der Waals surface area contributed by atoms with Crippen LogP contribution in [0.25, 0.3) is 11.0 Å². The van der Waals surface area contributed by atoms with Gasteiger partial charge in [0.15, 0.2) is 0 Å². The normalized spacial score (nSPS) is 28.4. The molecule has 2 aromatic rings. The number of fused-ring (bicyclic) bond motifs is 3. The van der Waals surface area contributed by atoms with Gasteiger partial charge in [0.2, 0.25) is 0 Å². The van der Waals surface area contributed by atoms with Crippen LogP contribution in [0.15, 0.2) is 18.2 Å². The fourth-order valence-corrected chi connectivity index (χ4v) is 5.97. The number of piperazine rings is 1. The van der Waals surface area contributed by atoms with Gasteiger partial charge >= 0.3 is 0 Å². The van der Waals surface area contributed by atoms with Crippen LogP contribution in [0.1, 0.15) is 48.3 Å². The third kappa shape index (κ3) is 3.53. The molecule has 2 aliphatic heterocycles. The molecule has 2 atom stereocenters. The van der Waals surface area contributed by atoms with Crippen LogP contribution in [0.2, 0.25) is 0 Å². The van der Waals surface area contributed by atoms with Crippen LogP contribution in [0, 0.1) is 5.92 Å². The molecule has 3 heterocycles. The number of likely N-dealkylation sites (tertiary alicyclic amines) is 1. The summed E-state index contributed by atoms with van der Waals surface area (Å²) in [6.07, 6.45) is 6.09. The van der Waals surface area contributed by atoms with Crippen molar-refractivity contribution in [3.63, 3.8) is 0 Å². The van der Waals surface area contributed by atoms with Crippen LogP contribution in [0.5, 0.6) is 0 Å². The van der Waals surface area contributed by atoms with E-state index in [2.05, 4.69) is 26.7 Å². The minimum atomic E-state index is -0.409. The van der Waals surface area contributed by atoms with Crippen molar-refractivity contribution >= 4 is 16.9 Å². The molecule has 2 saturated heterocycles. The fourth-order valence-electron chi connectivity index (χ4n) is 5.97. The first-order valence-corrected chi connectivity index (χ1v) is 11.5. The van der Waals surface area contributed by atoms with Crippen LogP contribution in [0.4, 0.5) is 0 Å². The van der Waals surface area contributed by atoms with Crippen molar-refractivity contribution in [3.8, 4) is 0 Å². The Morgan fingerprint density at radius 3 is 2.90 bits per heavy atom. The number of aromatic amines is 1. The average molecular weight is 411 g/mol. The maximum Gasteiger partial charge on any atom is 0.250 e. The molecule has 0 spiro atoms. The summed E-state index contributed by atoms with van der Waals surface area (Å²) in [4.78, 5) is 28.1. The lowest BCUT2D eigenvalue weighted by Crippen LogP contribution is -2.46. The second-order valence-electron chi connectivity index (χ2n) is 9.59. The topological polar surface area (TPSA) is 81.5 Å². The number of hydrogen-bond acceptors (Lipinski definition) is 5. The second-order valence-corrected chi connectivity index (χ2v) is 9.59. The molecule has 0 unspecified atom stereocenters. The van der Waals surface area contributed by atoms with Gasteiger partial charge in [0, 0.05) is 39.3 Å². The van der Waals surface area contributed by atoms with Gasteiger partial charge in [-0.25, -0.2) is 4.98 Å². The molecule has 162 valence electrons. The predicted molar refractivity (Wildman–Crippen MR) is 118 cm³/mol. The van der Waals surface area contributed by atoms with Gasteiger partial charge in [-0.05, 0) is 57.3 Å².